The predicted octanol–water partition coefficient (Wildman–Crippen LogP) is 4.05. The molecule has 0 aliphatic carbocycles. The van der Waals surface area contributed by atoms with Crippen LogP contribution in [0.4, 0.5) is 5.69 Å². The molecule has 0 radical (unpaired) electrons. The molecule has 6 heteroatoms. The molecule has 0 heterocycles. The lowest BCUT2D eigenvalue weighted by molar-refractivity contribution is -0.118. The Labute approximate surface area is 158 Å². The minimum absolute atomic E-state index is 0.0864. The van der Waals surface area contributed by atoms with Gasteiger partial charge in [0.2, 0.25) is 5.91 Å². The minimum Gasteiger partial charge on any atom is -0.497 e. The van der Waals surface area contributed by atoms with E-state index in [1.54, 1.807) is 43.5 Å². The fourth-order valence-electron chi connectivity index (χ4n) is 2.44. The second kappa shape index (κ2) is 8.72. The summed E-state index contributed by atoms with van der Waals surface area (Å²) in [5, 5.41) is 6.19. The number of anilines is 1. The second-order valence-corrected chi connectivity index (χ2v) is 6.81. The molecule has 0 saturated heterocycles. The van der Waals surface area contributed by atoms with E-state index >= 15 is 0 Å². The Morgan fingerprint density at radius 3 is 2.31 bits per heavy atom. The molecule has 0 aromatic heterocycles. The number of rotatable bonds is 6. The van der Waals surface area contributed by atoms with Gasteiger partial charge in [0.1, 0.15) is 11.8 Å². The highest BCUT2D eigenvalue weighted by molar-refractivity contribution is 6.31. The first-order valence-electron chi connectivity index (χ1n) is 8.33. The molecule has 0 fully saturated rings. The Kier molecular flexibility index (Phi) is 6.64. The van der Waals surface area contributed by atoms with Crippen LogP contribution in [0.5, 0.6) is 5.75 Å². The summed E-state index contributed by atoms with van der Waals surface area (Å²) in [5.41, 5.74) is 1.99. The fraction of sp³-hybridized carbons (Fsp3) is 0.300. The molecule has 2 N–H and O–H groups in total. The van der Waals surface area contributed by atoms with Gasteiger partial charge in [-0.15, -0.1) is 0 Å². The lowest BCUT2D eigenvalue weighted by Crippen LogP contribution is -2.47. The number of carbonyl (C=O) groups excluding carboxylic acids is 2. The van der Waals surface area contributed by atoms with E-state index in [1.807, 2.05) is 26.8 Å². The first-order chi connectivity index (χ1) is 12.3. The van der Waals surface area contributed by atoms with Gasteiger partial charge in [-0.05, 0) is 54.8 Å². The van der Waals surface area contributed by atoms with Crippen molar-refractivity contribution in [3.8, 4) is 5.75 Å². The number of methoxy groups -OCH3 is 1. The SMILES string of the molecule is COc1ccc(C(=O)N[C@H](C(=O)Nc2cc(Cl)ccc2C)C(C)C)cc1. The second-order valence-electron chi connectivity index (χ2n) is 6.37. The number of amides is 2. The van der Waals surface area contributed by atoms with Gasteiger partial charge in [-0.3, -0.25) is 9.59 Å². The van der Waals surface area contributed by atoms with Gasteiger partial charge in [0.15, 0.2) is 0 Å². The molecule has 0 spiro atoms. The van der Waals surface area contributed by atoms with Crippen molar-refractivity contribution in [3.63, 3.8) is 0 Å². The molecular weight excluding hydrogens is 352 g/mol. The number of halogens is 1. The van der Waals surface area contributed by atoms with Crippen LogP contribution in [-0.4, -0.2) is 25.0 Å². The molecule has 5 nitrogen and oxygen atoms in total. The van der Waals surface area contributed by atoms with E-state index in [9.17, 15) is 9.59 Å². The van der Waals surface area contributed by atoms with Gasteiger partial charge in [0.05, 0.1) is 7.11 Å². The first kappa shape index (κ1) is 19.8. The van der Waals surface area contributed by atoms with Crippen molar-refractivity contribution in [3.05, 3.63) is 58.6 Å². The van der Waals surface area contributed by atoms with Crippen molar-refractivity contribution < 1.29 is 14.3 Å². The van der Waals surface area contributed by atoms with Gasteiger partial charge in [-0.2, -0.15) is 0 Å². The first-order valence-corrected chi connectivity index (χ1v) is 8.71. The van der Waals surface area contributed by atoms with Gasteiger partial charge >= 0.3 is 0 Å². The lowest BCUT2D eigenvalue weighted by Gasteiger charge is -2.22. The molecule has 1 atom stereocenters. The summed E-state index contributed by atoms with van der Waals surface area (Å²) in [4.78, 5) is 25.2. The van der Waals surface area contributed by atoms with Crippen molar-refractivity contribution in [2.24, 2.45) is 5.92 Å². The molecule has 2 aromatic rings. The summed E-state index contributed by atoms with van der Waals surface area (Å²) in [6.07, 6.45) is 0. The maximum Gasteiger partial charge on any atom is 0.251 e. The highest BCUT2D eigenvalue weighted by atomic mass is 35.5. The van der Waals surface area contributed by atoms with Crippen LogP contribution in [0.1, 0.15) is 29.8 Å². The zero-order valence-electron chi connectivity index (χ0n) is 15.3. The highest BCUT2D eigenvalue weighted by Gasteiger charge is 2.25. The third kappa shape index (κ3) is 4.99. The fourth-order valence-corrected chi connectivity index (χ4v) is 2.61. The number of hydrogen-bond donors (Lipinski definition) is 2. The Hall–Kier alpha value is -2.53. The summed E-state index contributed by atoms with van der Waals surface area (Å²) in [5.74, 6) is -0.0237. The molecule has 0 aliphatic rings. The summed E-state index contributed by atoms with van der Waals surface area (Å²) in [6.45, 7) is 5.64. The average molecular weight is 375 g/mol. The number of hydrogen-bond acceptors (Lipinski definition) is 3. The number of ether oxygens (including phenoxy) is 1. The standard InChI is InChI=1S/C20H23ClN2O3/c1-12(2)18(20(25)22-17-11-15(21)8-5-13(17)3)23-19(24)14-6-9-16(26-4)10-7-14/h5-12,18H,1-4H3,(H,22,25)(H,23,24)/t18-/m0/s1. The third-order valence-electron chi connectivity index (χ3n) is 4.05. The molecule has 0 bridgehead atoms. The minimum atomic E-state index is -0.678. The zero-order valence-corrected chi connectivity index (χ0v) is 16.1. The van der Waals surface area contributed by atoms with Crippen molar-refractivity contribution in [1.29, 1.82) is 0 Å². The normalized spacial score (nSPS) is 11.8. The van der Waals surface area contributed by atoms with Crippen molar-refractivity contribution in [1.82, 2.24) is 5.32 Å². The molecule has 2 amide bonds. The Balaban J connectivity index is 2.13. The quantitative estimate of drug-likeness (QED) is 0.801. The van der Waals surface area contributed by atoms with E-state index in [0.29, 0.717) is 22.0 Å². The topological polar surface area (TPSA) is 67.4 Å². The lowest BCUT2D eigenvalue weighted by atomic mass is 10.0. The van der Waals surface area contributed by atoms with Crippen LogP contribution in [-0.2, 0) is 4.79 Å². The molecule has 2 rings (SSSR count). The largest absolute Gasteiger partial charge is 0.497 e. The Morgan fingerprint density at radius 2 is 1.73 bits per heavy atom. The number of carbonyl (C=O) groups is 2. The molecule has 26 heavy (non-hydrogen) atoms. The van der Waals surface area contributed by atoms with Gasteiger partial charge in [0, 0.05) is 16.3 Å². The van der Waals surface area contributed by atoms with Crippen LogP contribution in [0, 0.1) is 12.8 Å². The molecule has 0 unspecified atom stereocenters. The summed E-state index contributed by atoms with van der Waals surface area (Å²) in [6, 6.07) is 11.3. The Morgan fingerprint density at radius 1 is 1.08 bits per heavy atom. The van der Waals surface area contributed by atoms with E-state index < -0.39 is 6.04 Å². The number of nitrogens with one attached hydrogen (secondary N) is 2. The maximum atomic E-state index is 12.7. The molecular formula is C20H23ClN2O3. The van der Waals surface area contributed by atoms with Crippen LogP contribution in [0.3, 0.4) is 0 Å². The molecule has 0 saturated carbocycles. The molecule has 138 valence electrons. The van der Waals surface area contributed by atoms with Crippen LogP contribution >= 0.6 is 11.6 Å². The van der Waals surface area contributed by atoms with Crippen LogP contribution < -0.4 is 15.4 Å². The van der Waals surface area contributed by atoms with Crippen LogP contribution in [0.2, 0.25) is 5.02 Å². The maximum absolute atomic E-state index is 12.7. The molecule has 2 aromatic carbocycles. The average Bonchev–Trinajstić information content (AvgIpc) is 2.62. The number of aryl methyl sites for hydroxylation is 1. The number of benzene rings is 2. The summed E-state index contributed by atoms with van der Waals surface area (Å²) in [7, 11) is 1.56. The zero-order chi connectivity index (χ0) is 19.3. The van der Waals surface area contributed by atoms with Crippen LogP contribution in [0.15, 0.2) is 42.5 Å². The van der Waals surface area contributed by atoms with Gasteiger partial charge in [0.25, 0.3) is 5.91 Å². The summed E-state index contributed by atoms with van der Waals surface area (Å²) >= 11 is 6.00. The highest BCUT2D eigenvalue weighted by Crippen LogP contribution is 2.21. The monoisotopic (exact) mass is 374 g/mol. The van der Waals surface area contributed by atoms with E-state index in [4.69, 9.17) is 16.3 Å². The summed E-state index contributed by atoms with van der Waals surface area (Å²) < 4.78 is 5.09. The molecule has 0 aliphatic heterocycles. The van der Waals surface area contributed by atoms with Crippen molar-refractivity contribution >= 4 is 29.1 Å². The van der Waals surface area contributed by atoms with E-state index in [2.05, 4.69) is 10.6 Å². The van der Waals surface area contributed by atoms with Crippen molar-refractivity contribution in [2.45, 2.75) is 26.8 Å². The van der Waals surface area contributed by atoms with Gasteiger partial charge in [-0.25, -0.2) is 0 Å². The van der Waals surface area contributed by atoms with E-state index in [0.717, 1.165) is 5.56 Å². The van der Waals surface area contributed by atoms with Gasteiger partial charge < -0.3 is 15.4 Å². The van der Waals surface area contributed by atoms with Gasteiger partial charge in [-0.1, -0.05) is 31.5 Å². The van der Waals surface area contributed by atoms with E-state index in [1.165, 1.54) is 0 Å². The van der Waals surface area contributed by atoms with Crippen molar-refractivity contribution in [2.75, 3.05) is 12.4 Å². The van der Waals surface area contributed by atoms with E-state index in [-0.39, 0.29) is 17.7 Å². The third-order valence-corrected chi connectivity index (χ3v) is 4.28. The van der Waals surface area contributed by atoms with Crippen LogP contribution in [0.25, 0.3) is 0 Å². The Bertz CT molecular complexity index is 788. The predicted molar refractivity (Wildman–Crippen MR) is 104 cm³/mol. The smallest absolute Gasteiger partial charge is 0.251 e.